The second-order valence-electron chi connectivity index (χ2n) is 4.47. The predicted molar refractivity (Wildman–Crippen MR) is 68.6 cm³/mol. The highest BCUT2D eigenvalue weighted by Crippen LogP contribution is 2.27. The van der Waals surface area contributed by atoms with Crippen molar-refractivity contribution in [2.75, 3.05) is 46.9 Å². The molecule has 0 aliphatic carbocycles. The van der Waals surface area contributed by atoms with Gasteiger partial charge in [-0.05, 0) is 40.9 Å². The second kappa shape index (κ2) is 6.71. The van der Waals surface area contributed by atoms with E-state index in [1.165, 1.54) is 6.42 Å². The third-order valence-corrected chi connectivity index (χ3v) is 6.84. The molecule has 0 N–H and O–H groups in total. The maximum Gasteiger partial charge on any atom is 0.427 e. The quantitative estimate of drug-likeness (QED) is 0.632. The third kappa shape index (κ3) is 3.53. The molecule has 0 aromatic carbocycles. The summed E-state index contributed by atoms with van der Waals surface area (Å²) in [6.45, 7) is 8.95. The minimum Gasteiger partial charge on any atom is -0.383 e. The number of rotatable bonds is 7. The molecule has 0 bridgehead atoms. The fraction of sp³-hybridized carbons (Fsp3) is 1.00. The average Bonchev–Trinajstić information content (AvgIpc) is 2.59. The molecule has 0 aromatic heterocycles. The molecule has 0 unspecified atom stereocenters. The molecule has 96 valence electrons. The van der Waals surface area contributed by atoms with Crippen LogP contribution in [-0.4, -0.2) is 65.1 Å². The van der Waals surface area contributed by atoms with Gasteiger partial charge in [0.2, 0.25) is 0 Å². The molecule has 1 saturated heterocycles. The van der Waals surface area contributed by atoms with Gasteiger partial charge in [0.15, 0.2) is 0 Å². The molecule has 5 heteroatoms. The summed E-state index contributed by atoms with van der Waals surface area (Å²) in [4.78, 5) is 2.22. The summed E-state index contributed by atoms with van der Waals surface area (Å²) in [7, 11) is 2.20. The van der Waals surface area contributed by atoms with Crippen molar-refractivity contribution < 1.29 is 8.85 Å². The van der Waals surface area contributed by atoms with Crippen LogP contribution in [0.3, 0.4) is 0 Å². The Hall–Kier alpha value is 0.0569. The zero-order valence-corrected chi connectivity index (χ0v) is 12.2. The largest absolute Gasteiger partial charge is 0.427 e. The molecule has 0 aromatic rings. The first-order valence-corrected chi connectivity index (χ1v) is 8.29. The minimum atomic E-state index is -2.02. The fourth-order valence-corrected chi connectivity index (χ4v) is 5.74. The Morgan fingerprint density at radius 2 is 1.81 bits per heavy atom. The van der Waals surface area contributed by atoms with Crippen molar-refractivity contribution in [1.82, 2.24) is 9.47 Å². The Morgan fingerprint density at radius 1 is 1.19 bits per heavy atom. The van der Waals surface area contributed by atoms with Gasteiger partial charge in [-0.15, -0.1) is 0 Å². The zero-order chi connectivity index (χ0) is 12.0. The molecule has 4 nitrogen and oxygen atoms in total. The molecule has 1 rings (SSSR count). The van der Waals surface area contributed by atoms with Crippen LogP contribution in [-0.2, 0) is 8.85 Å². The summed E-state index contributed by atoms with van der Waals surface area (Å²) in [5.74, 6) is 0. The highest BCUT2D eigenvalue weighted by atomic mass is 28.4. The molecule has 1 aliphatic heterocycles. The topological polar surface area (TPSA) is 24.9 Å². The molecule has 16 heavy (non-hydrogen) atoms. The molecule has 1 fully saturated rings. The van der Waals surface area contributed by atoms with Crippen LogP contribution in [0.1, 0.15) is 20.3 Å². The van der Waals surface area contributed by atoms with Crippen molar-refractivity contribution in [2.24, 2.45) is 0 Å². The molecule has 1 heterocycles. The highest BCUT2D eigenvalue weighted by Gasteiger charge is 2.48. The first kappa shape index (κ1) is 14.1. The van der Waals surface area contributed by atoms with Crippen molar-refractivity contribution in [3.8, 4) is 0 Å². The van der Waals surface area contributed by atoms with E-state index >= 15 is 0 Å². The third-order valence-electron chi connectivity index (χ3n) is 2.96. The molecule has 0 atom stereocenters. The van der Waals surface area contributed by atoms with Crippen LogP contribution in [0.15, 0.2) is 0 Å². The SMILES string of the molecule is CCO[Si]1(OCC)CCCN1CCN(C)C. The molecule has 0 radical (unpaired) electrons. The summed E-state index contributed by atoms with van der Waals surface area (Å²) in [5.41, 5.74) is 0. The zero-order valence-electron chi connectivity index (χ0n) is 11.2. The maximum atomic E-state index is 6.00. The summed E-state index contributed by atoms with van der Waals surface area (Å²) in [6, 6.07) is 1.13. The van der Waals surface area contributed by atoms with Gasteiger partial charge >= 0.3 is 8.72 Å². The lowest BCUT2D eigenvalue weighted by Gasteiger charge is -2.34. The van der Waals surface area contributed by atoms with E-state index in [-0.39, 0.29) is 0 Å². The summed E-state index contributed by atoms with van der Waals surface area (Å²) < 4.78 is 14.5. The van der Waals surface area contributed by atoms with Crippen molar-refractivity contribution in [2.45, 2.75) is 26.3 Å². The molecule has 0 saturated carbocycles. The summed E-state index contributed by atoms with van der Waals surface area (Å²) in [5, 5.41) is 0. The van der Waals surface area contributed by atoms with E-state index in [4.69, 9.17) is 8.85 Å². The van der Waals surface area contributed by atoms with E-state index in [0.29, 0.717) is 0 Å². The standard InChI is InChI=1S/C11H26N2O2Si/c1-5-14-16(15-6-2)11-7-8-13(16)10-9-12(3)4/h5-11H2,1-4H3. The van der Waals surface area contributed by atoms with E-state index in [9.17, 15) is 0 Å². The van der Waals surface area contributed by atoms with Gasteiger partial charge < -0.3 is 13.8 Å². The van der Waals surface area contributed by atoms with E-state index in [0.717, 1.165) is 38.9 Å². The van der Waals surface area contributed by atoms with Crippen LogP contribution in [0.4, 0.5) is 0 Å². The average molecular weight is 246 g/mol. The fourth-order valence-electron chi connectivity index (χ4n) is 2.24. The van der Waals surface area contributed by atoms with Crippen molar-refractivity contribution >= 4 is 8.72 Å². The minimum absolute atomic E-state index is 0.769. The monoisotopic (exact) mass is 246 g/mol. The molecule has 0 spiro atoms. The van der Waals surface area contributed by atoms with Crippen LogP contribution in [0.5, 0.6) is 0 Å². The molecule has 1 aliphatic rings. The van der Waals surface area contributed by atoms with Gasteiger partial charge in [-0.2, -0.15) is 0 Å². The van der Waals surface area contributed by atoms with Crippen LogP contribution in [0, 0.1) is 0 Å². The number of nitrogens with zero attached hydrogens (tertiary/aromatic N) is 2. The summed E-state index contributed by atoms with van der Waals surface area (Å²) >= 11 is 0. The Balaban J connectivity index is 2.57. The predicted octanol–water partition coefficient (Wildman–Crippen LogP) is 1.27. The van der Waals surface area contributed by atoms with Gasteiger partial charge in [0.1, 0.15) is 0 Å². The maximum absolute atomic E-state index is 6.00. The molecular formula is C11H26N2O2Si. The smallest absolute Gasteiger partial charge is 0.383 e. The highest BCUT2D eigenvalue weighted by molar-refractivity contribution is 6.65. The number of hydrogen-bond acceptors (Lipinski definition) is 4. The molecule has 0 amide bonds. The lowest BCUT2D eigenvalue weighted by atomic mass is 10.4. The van der Waals surface area contributed by atoms with Gasteiger partial charge in [0.25, 0.3) is 0 Å². The van der Waals surface area contributed by atoms with Gasteiger partial charge in [-0.1, -0.05) is 0 Å². The normalized spacial score (nSPS) is 20.8. The first-order valence-electron chi connectivity index (χ1n) is 6.32. The summed E-state index contributed by atoms with van der Waals surface area (Å²) in [6.07, 6.45) is 1.22. The second-order valence-corrected chi connectivity index (χ2v) is 7.61. The van der Waals surface area contributed by atoms with E-state index in [2.05, 4.69) is 37.4 Å². The Bertz CT molecular complexity index is 196. The van der Waals surface area contributed by atoms with Gasteiger partial charge in [-0.3, -0.25) is 4.57 Å². The Kier molecular flexibility index (Phi) is 5.92. The van der Waals surface area contributed by atoms with Crippen LogP contribution < -0.4 is 0 Å². The van der Waals surface area contributed by atoms with E-state index < -0.39 is 8.72 Å². The first-order chi connectivity index (χ1) is 7.64. The number of likely N-dealkylation sites (N-methyl/N-ethyl adjacent to an activating group) is 1. The van der Waals surface area contributed by atoms with Crippen molar-refractivity contribution in [3.63, 3.8) is 0 Å². The van der Waals surface area contributed by atoms with Crippen molar-refractivity contribution in [3.05, 3.63) is 0 Å². The lowest BCUT2D eigenvalue weighted by Crippen LogP contribution is -2.56. The van der Waals surface area contributed by atoms with Crippen molar-refractivity contribution in [1.29, 1.82) is 0 Å². The van der Waals surface area contributed by atoms with Gasteiger partial charge in [0.05, 0.1) is 0 Å². The molecular weight excluding hydrogens is 220 g/mol. The van der Waals surface area contributed by atoms with Crippen LogP contribution in [0.25, 0.3) is 0 Å². The van der Waals surface area contributed by atoms with Gasteiger partial charge in [-0.25, -0.2) is 0 Å². The van der Waals surface area contributed by atoms with Crippen LogP contribution in [0.2, 0.25) is 6.04 Å². The van der Waals surface area contributed by atoms with E-state index in [1.54, 1.807) is 0 Å². The lowest BCUT2D eigenvalue weighted by molar-refractivity contribution is 0.133. The number of hydrogen-bond donors (Lipinski definition) is 0. The Labute approximate surface area is 101 Å². The van der Waals surface area contributed by atoms with Crippen LogP contribution >= 0.6 is 0 Å². The Morgan fingerprint density at radius 3 is 2.31 bits per heavy atom. The van der Waals surface area contributed by atoms with E-state index in [1.807, 2.05) is 0 Å². The van der Waals surface area contributed by atoms with Gasteiger partial charge in [0, 0.05) is 32.3 Å².